The lowest BCUT2D eigenvalue weighted by Gasteiger charge is -2.25. The topological polar surface area (TPSA) is 76.7 Å². The Morgan fingerprint density at radius 2 is 1.76 bits per heavy atom. The molecule has 0 bridgehead atoms. The first-order valence-electron chi connectivity index (χ1n) is 8.65. The van der Waals surface area contributed by atoms with Crippen LogP contribution in [0.1, 0.15) is 46.6 Å². The molecule has 25 heavy (non-hydrogen) atoms. The van der Waals surface area contributed by atoms with E-state index in [9.17, 15) is 9.59 Å². The van der Waals surface area contributed by atoms with E-state index in [4.69, 9.17) is 9.47 Å². The number of rotatable bonds is 7. The van der Waals surface area contributed by atoms with E-state index in [-0.39, 0.29) is 25.1 Å². The van der Waals surface area contributed by atoms with Gasteiger partial charge >= 0.3 is 12.2 Å². The SMILES string of the molecule is CCC(C)[C@H](CNC(=O)OC(C)(C)C)NC(=O)OCc1ccccc1. The summed E-state index contributed by atoms with van der Waals surface area (Å²) in [6.45, 7) is 9.94. The third-order valence-corrected chi connectivity index (χ3v) is 3.71. The molecular weight excluding hydrogens is 320 g/mol. The normalized spacial score (nSPS) is 13.5. The van der Waals surface area contributed by atoms with Crippen LogP contribution in [0.2, 0.25) is 0 Å². The van der Waals surface area contributed by atoms with Crippen molar-refractivity contribution >= 4 is 12.2 Å². The van der Waals surface area contributed by atoms with Crippen LogP contribution < -0.4 is 10.6 Å². The van der Waals surface area contributed by atoms with Crippen LogP contribution in [-0.2, 0) is 16.1 Å². The quantitative estimate of drug-likeness (QED) is 0.783. The van der Waals surface area contributed by atoms with E-state index < -0.39 is 17.8 Å². The highest BCUT2D eigenvalue weighted by Crippen LogP contribution is 2.10. The molecule has 0 aliphatic rings. The number of nitrogens with one attached hydrogen (secondary N) is 2. The van der Waals surface area contributed by atoms with Gasteiger partial charge in [0.1, 0.15) is 12.2 Å². The first kappa shape index (κ1) is 20.8. The highest BCUT2D eigenvalue weighted by atomic mass is 16.6. The molecule has 6 heteroatoms. The number of benzene rings is 1. The molecule has 0 fully saturated rings. The summed E-state index contributed by atoms with van der Waals surface area (Å²) in [5.74, 6) is 0.180. The van der Waals surface area contributed by atoms with Crippen molar-refractivity contribution < 1.29 is 19.1 Å². The number of hydrogen-bond donors (Lipinski definition) is 2. The lowest BCUT2D eigenvalue weighted by Crippen LogP contribution is -2.48. The molecule has 0 spiro atoms. The second-order valence-electron chi connectivity index (χ2n) is 7.08. The first-order chi connectivity index (χ1) is 11.7. The molecule has 6 nitrogen and oxygen atoms in total. The van der Waals surface area contributed by atoms with Gasteiger partial charge in [-0.25, -0.2) is 9.59 Å². The van der Waals surface area contributed by atoms with Crippen LogP contribution in [0.5, 0.6) is 0 Å². The number of ether oxygens (including phenoxy) is 2. The smallest absolute Gasteiger partial charge is 0.407 e. The fraction of sp³-hybridized carbons (Fsp3) is 0.579. The van der Waals surface area contributed by atoms with Gasteiger partial charge in [-0.3, -0.25) is 0 Å². The van der Waals surface area contributed by atoms with Crippen LogP contribution in [-0.4, -0.2) is 30.4 Å². The zero-order valence-corrected chi connectivity index (χ0v) is 15.8. The maximum absolute atomic E-state index is 12.0. The fourth-order valence-electron chi connectivity index (χ4n) is 2.10. The lowest BCUT2D eigenvalue weighted by molar-refractivity contribution is 0.0516. The molecule has 1 unspecified atom stereocenters. The van der Waals surface area contributed by atoms with Crippen molar-refractivity contribution in [1.29, 1.82) is 0 Å². The molecule has 2 N–H and O–H groups in total. The second-order valence-corrected chi connectivity index (χ2v) is 7.08. The Kier molecular flexibility index (Phi) is 8.25. The van der Waals surface area contributed by atoms with E-state index in [1.54, 1.807) is 20.8 Å². The second kappa shape index (κ2) is 9.91. The maximum Gasteiger partial charge on any atom is 0.407 e. The van der Waals surface area contributed by atoms with Crippen LogP contribution in [0.3, 0.4) is 0 Å². The molecule has 1 aromatic carbocycles. The zero-order chi connectivity index (χ0) is 18.9. The summed E-state index contributed by atoms with van der Waals surface area (Å²) >= 11 is 0. The molecule has 2 atom stereocenters. The van der Waals surface area contributed by atoms with Crippen LogP contribution in [0, 0.1) is 5.92 Å². The molecule has 1 aromatic rings. The number of hydrogen-bond acceptors (Lipinski definition) is 4. The van der Waals surface area contributed by atoms with Crippen LogP contribution in [0.4, 0.5) is 9.59 Å². The van der Waals surface area contributed by atoms with Crippen molar-refractivity contribution in [3.05, 3.63) is 35.9 Å². The number of carbonyl (C=O) groups is 2. The Morgan fingerprint density at radius 3 is 2.32 bits per heavy atom. The fourth-order valence-corrected chi connectivity index (χ4v) is 2.10. The van der Waals surface area contributed by atoms with Crippen molar-refractivity contribution in [1.82, 2.24) is 10.6 Å². The molecule has 0 aliphatic carbocycles. The minimum absolute atomic E-state index is 0.180. The molecule has 2 amide bonds. The first-order valence-corrected chi connectivity index (χ1v) is 8.65. The standard InChI is InChI=1S/C19H30N2O4/c1-6-14(2)16(12-20-17(22)25-19(3,4)5)21-18(23)24-13-15-10-8-7-9-11-15/h7-11,14,16H,6,12-13H2,1-5H3,(H,20,22)(H,21,23)/t14?,16-/m0/s1. The molecule has 140 valence electrons. The zero-order valence-electron chi connectivity index (χ0n) is 15.8. The van der Waals surface area contributed by atoms with Crippen molar-refractivity contribution in [3.8, 4) is 0 Å². The average Bonchev–Trinajstić information content (AvgIpc) is 2.55. The summed E-state index contributed by atoms with van der Waals surface area (Å²) in [7, 11) is 0. The molecule has 1 rings (SSSR count). The van der Waals surface area contributed by atoms with Gasteiger partial charge in [0.15, 0.2) is 0 Å². The van der Waals surface area contributed by atoms with Crippen molar-refractivity contribution in [2.75, 3.05) is 6.54 Å². The van der Waals surface area contributed by atoms with E-state index in [1.807, 2.05) is 44.2 Å². The van der Waals surface area contributed by atoms with E-state index in [0.29, 0.717) is 0 Å². The highest BCUT2D eigenvalue weighted by Gasteiger charge is 2.22. The van der Waals surface area contributed by atoms with Crippen LogP contribution >= 0.6 is 0 Å². The Labute approximate surface area is 150 Å². The van der Waals surface area contributed by atoms with Gasteiger partial charge in [-0.1, -0.05) is 50.6 Å². The van der Waals surface area contributed by atoms with Gasteiger partial charge < -0.3 is 20.1 Å². The molecule has 0 saturated carbocycles. The van der Waals surface area contributed by atoms with Gasteiger partial charge in [0.05, 0.1) is 6.04 Å². The Balaban J connectivity index is 2.49. The molecule has 0 radical (unpaired) electrons. The Hall–Kier alpha value is -2.24. The largest absolute Gasteiger partial charge is 0.445 e. The number of alkyl carbamates (subject to hydrolysis) is 2. The average molecular weight is 350 g/mol. The predicted molar refractivity (Wildman–Crippen MR) is 97.2 cm³/mol. The lowest BCUT2D eigenvalue weighted by atomic mass is 9.99. The molecule has 0 aromatic heterocycles. The maximum atomic E-state index is 12.0. The number of amides is 2. The predicted octanol–water partition coefficient (Wildman–Crippen LogP) is 3.85. The third-order valence-electron chi connectivity index (χ3n) is 3.71. The Bertz CT molecular complexity index is 540. The van der Waals surface area contributed by atoms with Gasteiger partial charge in [-0.15, -0.1) is 0 Å². The van der Waals surface area contributed by atoms with Gasteiger partial charge in [0, 0.05) is 6.54 Å². The van der Waals surface area contributed by atoms with Crippen LogP contribution in [0.25, 0.3) is 0 Å². The molecule has 0 heterocycles. The van der Waals surface area contributed by atoms with E-state index in [1.165, 1.54) is 0 Å². The molecular formula is C19H30N2O4. The van der Waals surface area contributed by atoms with Crippen LogP contribution in [0.15, 0.2) is 30.3 Å². The molecule has 0 aliphatic heterocycles. The number of carbonyl (C=O) groups excluding carboxylic acids is 2. The minimum Gasteiger partial charge on any atom is -0.445 e. The third kappa shape index (κ3) is 8.98. The monoisotopic (exact) mass is 350 g/mol. The van der Waals surface area contributed by atoms with E-state index in [0.717, 1.165) is 12.0 Å². The van der Waals surface area contributed by atoms with E-state index in [2.05, 4.69) is 10.6 Å². The summed E-state index contributed by atoms with van der Waals surface area (Å²) in [5.41, 5.74) is 0.363. The Morgan fingerprint density at radius 1 is 1.12 bits per heavy atom. The summed E-state index contributed by atoms with van der Waals surface area (Å²) in [5, 5.41) is 5.53. The summed E-state index contributed by atoms with van der Waals surface area (Å²) < 4.78 is 10.5. The molecule has 0 saturated heterocycles. The van der Waals surface area contributed by atoms with Gasteiger partial charge in [-0.2, -0.15) is 0 Å². The van der Waals surface area contributed by atoms with Gasteiger partial charge in [0.25, 0.3) is 0 Å². The summed E-state index contributed by atoms with van der Waals surface area (Å²) in [6, 6.07) is 9.24. The van der Waals surface area contributed by atoms with Gasteiger partial charge in [-0.05, 0) is 32.3 Å². The minimum atomic E-state index is -0.558. The highest BCUT2D eigenvalue weighted by molar-refractivity contribution is 5.69. The van der Waals surface area contributed by atoms with Crippen molar-refractivity contribution in [3.63, 3.8) is 0 Å². The van der Waals surface area contributed by atoms with E-state index >= 15 is 0 Å². The summed E-state index contributed by atoms with van der Waals surface area (Å²) in [4.78, 5) is 23.8. The van der Waals surface area contributed by atoms with Crippen molar-refractivity contribution in [2.45, 2.75) is 59.3 Å². The van der Waals surface area contributed by atoms with Gasteiger partial charge in [0.2, 0.25) is 0 Å². The van der Waals surface area contributed by atoms with Crippen molar-refractivity contribution in [2.24, 2.45) is 5.92 Å². The summed E-state index contributed by atoms with van der Waals surface area (Å²) in [6.07, 6.45) is -0.139.